The lowest BCUT2D eigenvalue weighted by Crippen LogP contribution is -2.40. The van der Waals surface area contributed by atoms with Crippen LogP contribution < -0.4 is 4.74 Å². The quantitative estimate of drug-likeness (QED) is 0.679. The molecule has 3 aromatic carbocycles. The molecule has 4 heteroatoms. The van der Waals surface area contributed by atoms with Gasteiger partial charge in [0.1, 0.15) is 18.2 Å². The zero-order valence-corrected chi connectivity index (χ0v) is 14.6. The van der Waals surface area contributed by atoms with Crippen LogP contribution in [0.4, 0.5) is 4.39 Å². The smallest absolute Gasteiger partial charge is 0.127 e. The number of hydrogen-bond donors (Lipinski definition) is 0. The van der Waals surface area contributed by atoms with Crippen LogP contribution in [0.2, 0.25) is 0 Å². The number of hydrogen-bond acceptors (Lipinski definition) is 3. The molecule has 4 rings (SSSR count). The predicted octanol–water partition coefficient (Wildman–Crippen LogP) is 4.43. The van der Waals surface area contributed by atoms with Crippen molar-refractivity contribution in [2.24, 2.45) is 0 Å². The molecule has 1 fully saturated rings. The van der Waals surface area contributed by atoms with Crippen molar-refractivity contribution in [2.75, 3.05) is 32.8 Å². The summed E-state index contributed by atoms with van der Waals surface area (Å²) in [6, 6.07) is 21.0. The highest BCUT2D eigenvalue weighted by Crippen LogP contribution is 2.26. The fourth-order valence-electron chi connectivity index (χ4n) is 3.39. The third-order valence-electron chi connectivity index (χ3n) is 4.81. The molecule has 0 aromatic heterocycles. The second-order valence-corrected chi connectivity index (χ2v) is 6.54. The lowest BCUT2D eigenvalue weighted by molar-refractivity contribution is -0.0329. The Balaban J connectivity index is 1.35. The first-order valence-corrected chi connectivity index (χ1v) is 8.99. The average molecular weight is 351 g/mol. The Labute approximate surface area is 153 Å². The minimum atomic E-state index is -0.218. The van der Waals surface area contributed by atoms with Gasteiger partial charge in [-0.15, -0.1) is 0 Å². The van der Waals surface area contributed by atoms with Crippen LogP contribution in [0.25, 0.3) is 10.8 Å². The number of rotatable bonds is 5. The summed E-state index contributed by atoms with van der Waals surface area (Å²) in [7, 11) is 0. The van der Waals surface area contributed by atoms with Gasteiger partial charge in [-0.2, -0.15) is 0 Å². The van der Waals surface area contributed by atoms with Crippen molar-refractivity contribution in [2.45, 2.75) is 6.10 Å². The molecule has 134 valence electrons. The molecule has 0 N–H and O–H groups in total. The molecule has 26 heavy (non-hydrogen) atoms. The van der Waals surface area contributed by atoms with Crippen molar-refractivity contribution in [3.05, 3.63) is 78.1 Å². The van der Waals surface area contributed by atoms with Crippen molar-refractivity contribution in [3.8, 4) is 5.75 Å². The van der Waals surface area contributed by atoms with Gasteiger partial charge in [0, 0.05) is 25.0 Å². The molecule has 0 bridgehead atoms. The van der Waals surface area contributed by atoms with Crippen molar-refractivity contribution < 1.29 is 13.9 Å². The molecule has 0 aliphatic carbocycles. The molecule has 1 atom stereocenters. The number of nitrogens with zero attached hydrogens (tertiary/aromatic N) is 1. The standard InChI is InChI=1S/C22H22FNO2/c23-19-10-8-18(9-11-19)22-16-24(13-15-26-22)12-14-25-21-7-3-5-17-4-1-2-6-20(17)21/h1-11,22H,12-16H2/t22-/m1/s1. The van der Waals surface area contributed by atoms with Crippen molar-refractivity contribution in [1.29, 1.82) is 0 Å². The molecule has 0 radical (unpaired) electrons. The summed E-state index contributed by atoms with van der Waals surface area (Å²) in [6.07, 6.45) is -0.0121. The van der Waals surface area contributed by atoms with E-state index in [2.05, 4.69) is 23.1 Å². The Morgan fingerprint density at radius 3 is 2.69 bits per heavy atom. The molecule has 0 amide bonds. The van der Waals surface area contributed by atoms with Crippen LogP contribution in [0.15, 0.2) is 66.7 Å². The molecule has 3 nitrogen and oxygen atoms in total. The van der Waals surface area contributed by atoms with Gasteiger partial charge in [0.05, 0.1) is 12.7 Å². The van der Waals surface area contributed by atoms with E-state index in [0.717, 1.165) is 36.3 Å². The minimum Gasteiger partial charge on any atom is -0.492 e. The van der Waals surface area contributed by atoms with E-state index in [1.807, 2.05) is 24.3 Å². The predicted molar refractivity (Wildman–Crippen MR) is 101 cm³/mol. The number of morpholine rings is 1. The van der Waals surface area contributed by atoms with Crippen LogP contribution in [0, 0.1) is 5.82 Å². The minimum absolute atomic E-state index is 0.0121. The average Bonchev–Trinajstić information content (AvgIpc) is 2.69. The highest BCUT2D eigenvalue weighted by atomic mass is 19.1. The Hall–Kier alpha value is -2.43. The molecular formula is C22H22FNO2. The molecule has 1 heterocycles. The number of halogens is 1. The topological polar surface area (TPSA) is 21.7 Å². The lowest BCUT2D eigenvalue weighted by atomic mass is 10.1. The van der Waals surface area contributed by atoms with Crippen LogP contribution in [0.3, 0.4) is 0 Å². The summed E-state index contributed by atoms with van der Waals surface area (Å²) in [6.45, 7) is 3.83. The highest BCUT2D eigenvalue weighted by molar-refractivity contribution is 5.88. The van der Waals surface area contributed by atoms with Gasteiger partial charge in [-0.25, -0.2) is 4.39 Å². The number of benzene rings is 3. The third kappa shape index (κ3) is 3.87. The Morgan fingerprint density at radius 1 is 1.00 bits per heavy atom. The molecule has 1 saturated heterocycles. The molecule has 0 spiro atoms. The SMILES string of the molecule is Fc1ccc([C@H]2CN(CCOc3cccc4ccccc34)CCO2)cc1. The molecule has 0 saturated carbocycles. The lowest BCUT2D eigenvalue weighted by Gasteiger charge is -2.33. The normalized spacial score (nSPS) is 18.1. The van der Waals surface area contributed by atoms with E-state index in [9.17, 15) is 4.39 Å². The first-order chi connectivity index (χ1) is 12.8. The van der Waals surface area contributed by atoms with E-state index in [0.29, 0.717) is 13.2 Å². The maximum absolute atomic E-state index is 13.1. The van der Waals surface area contributed by atoms with Crippen LogP contribution in [-0.2, 0) is 4.74 Å². The summed E-state index contributed by atoms with van der Waals surface area (Å²) < 4.78 is 25.0. The Bertz CT molecular complexity index is 860. The fraction of sp³-hybridized carbons (Fsp3) is 0.273. The van der Waals surface area contributed by atoms with Gasteiger partial charge in [-0.3, -0.25) is 4.90 Å². The second kappa shape index (κ2) is 7.85. The summed E-state index contributed by atoms with van der Waals surface area (Å²) in [4.78, 5) is 2.34. The van der Waals surface area contributed by atoms with Gasteiger partial charge in [0.2, 0.25) is 0 Å². The van der Waals surface area contributed by atoms with E-state index in [-0.39, 0.29) is 11.9 Å². The summed E-state index contributed by atoms with van der Waals surface area (Å²) in [5.41, 5.74) is 1.02. The highest BCUT2D eigenvalue weighted by Gasteiger charge is 2.21. The summed E-state index contributed by atoms with van der Waals surface area (Å²) >= 11 is 0. The first kappa shape index (κ1) is 17.0. The van der Waals surface area contributed by atoms with E-state index in [1.165, 1.54) is 17.5 Å². The third-order valence-corrected chi connectivity index (χ3v) is 4.81. The van der Waals surface area contributed by atoms with E-state index in [1.54, 1.807) is 12.1 Å². The Kier molecular flexibility index (Phi) is 5.14. The van der Waals surface area contributed by atoms with E-state index in [4.69, 9.17) is 9.47 Å². The zero-order chi connectivity index (χ0) is 17.8. The van der Waals surface area contributed by atoms with E-state index >= 15 is 0 Å². The summed E-state index contributed by atoms with van der Waals surface area (Å²) in [5.74, 6) is 0.705. The fourth-order valence-corrected chi connectivity index (χ4v) is 3.39. The monoisotopic (exact) mass is 351 g/mol. The second-order valence-electron chi connectivity index (χ2n) is 6.54. The molecule has 0 unspecified atom stereocenters. The zero-order valence-electron chi connectivity index (χ0n) is 14.6. The first-order valence-electron chi connectivity index (χ1n) is 8.99. The largest absolute Gasteiger partial charge is 0.492 e. The van der Waals surface area contributed by atoms with Gasteiger partial charge in [0.15, 0.2) is 0 Å². The molecule has 1 aliphatic heterocycles. The van der Waals surface area contributed by atoms with Crippen LogP contribution >= 0.6 is 0 Å². The van der Waals surface area contributed by atoms with Crippen LogP contribution in [0.1, 0.15) is 11.7 Å². The van der Waals surface area contributed by atoms with Gasteiger partial charge in [-0.05, 0) is 29.1 Å². The van der Waals surface area contributed by atoms with Crippen LogP contribution in [-0.4, -0.2) is 37.7 Å². The van der Waals surface area contributed by atoms with Gasteiger partial charge >= 0.3 is 0 Å². The van der Waals surface area contributed by atoms with Crippen LogP contribution in [0.5, 0.6) is 5.75 Å². The molecule has 1 aliphatic rings. The summed E-state index contributed by atoms with van der Waals surface area (Å²) in [5, 5.41) is 2.33. The number of ether oxygens (including phenoxy) is 2. The molecule has 3 aromatic rings. The maximum atomic E-state index is 13.1. The van der Waals surface area contributed by atoms with Gasteiger partial charge < -0.3 is 9.47 Å². The van der Waals surface area contributed by atoms with Crippen molar-refractivity contribution in [3.63, 3.8) is 0 Å². The Morgan fingerprint density at radius 2 is 1.81 bits per heavy atom. The van der Waals surface area contributed by atoms with Gasteiger partial charge in [-0.1, -0.05) is 48.5 Å². The van der Waals surface area contributed by atoms with Gasteiger partial charge in [0.25, 0.3) is 0 Å². The van der Waals surface area contributed by atoms with E-state index < -0.39 is 0 Å². The van der Waals surface area contributed by atoms with Crippen molar-refractivity contribution in [1.82, 2.24) is 4.90 Å². The molecular weight excluding hydrogens is 329 g/mol. The number of fused-ring (bicyclic) bond motifs is 1. The van der Waals surface area contributed by atoms with Crippen molar-refractivity contribution >= 4 is 10.8 Å². The maximum Gasteiger partial charge on any atom is 0.127 e.